The van der Waals surface area contributed by atoms with E-state index in [1.165, 1.54) is 6.07 Å². The molecule has 1 heterocycles. The summed E-state index contributed by atoms with van der Waals surface area (Å²) in [6, 6.07) is 4.58. The van der Waals surface area contributed by atoms with E-state index >= 15 is 0 Å². The third-order valence-electron chi connectivity index (χ3n) is 3.46. The molecule has 1 saturated heterocycles. The summed E-state index contributed by atoms with van der Waals surface area (Å²) in [5.41, 5.74) is 0.405. The van der Waals surface area contributed by atoms with Gasteiger partial charge in [-0.15, -0.1) is 0 Å². The summed E-state index contributed by atoms with van der Waals surface area (Å²) in [6.07, 6.45) is 0. The molecule has 0 saturated carbocycles. The van der Waals surface area contributed by atoms with E-state index in [0.717, 1.165) is 19.6 Å². The molecule has 1 fully saturated rings. The molecular weight excluding hydrogens is 323 g/mol. The summed E-state index contributed by atoms with van der Waals surface area (Å²) in [5, 5.41) is 0. The average molecular weight is 343 g/mol. The monoisotopic (exact) mass is 342 g/mol. The second-order valence-electron chi connectivity index (χ2n) is 5.59. The Kier molecular flexibility index (Phi) is 5.16. The lowest BCUT2D eigenvalue weighted by Crippen LogP contribution is -2.49. The molecule has 0 bridgehead atoms. The maximum absolute atomic E-state index is 13.5. The molecule has 110 valence electrons. The minimum Gasteiger partial charge on any atom is -0.336 e. The minimum atomic E-state index is -0.394. The van der Waals surface area contributed by atoms with Crippen molar-refractivity contribution in [1.29, 1.82) is 0 Å². The van der Waals surface area contributed by atoms with Crippen molar-refractivity contribution < 1.29 is 9.18 Å². The number of rotatable bonds is 3. The van der Waals surface area contributed by atoms with Gasteiger partial charge in [-0.2, -0.15) is 0 Å². The summed E-state index contributed by atoms with van der Waals surface area (Å²) in [4.78, 5) is 16.6. The zero-order chi connectivity index (χ0) is 14.7. The number of nitrogens with zero attached hydrogens (tertiary/aromatic N) is 2. The number of amides is 1. The Labute approximate surface area is 127 Å². The lowest BCUT2D eigenvalue weighted by molar-refractivity contribution is 0.0622. The van der Waals surface area contributed by atoms with Gasteiger partial charge in [0.1, 0.15) is 5.82 Å². The summed E-state index contributed by atoms with van der Waals surface area (Å²) in [6.45, 7) is 8.63. The predicted molar refractivity (Wildman–Crippen MR) is 81.3 cm³/mol. The van der Waals surface area contributed by atoms with Gasteiger partial charge in [0.25, 0.3) is 5.91 Å². The summed E-state index contributed by atoms with van der Waals surface area (Å²) >= 11 is 3.16. The molecule has 1 amide bonds. The third-order valence-corrected chi connectivity index (χ3v) is 4.27. The van der Waals surface area contributed by atoms with Crippen LogP contribution in [0.1, 0.15) is 24.2 Å². The zero-order valence-corrected chi connectivity index (χ0v) is 13.5. The van der Waals surface area contributed by atoms with E-state index in [1.807, 2.05) is 0 Å². The highest BCUT2D eigenvalue weighted by molar-refractivity contribution is 9.10. The minimum absolute atomic E-state index is 0.0967. The fraction of sp³-hybridized carbons (Fsp3) is 0.533. The van der Waals surface area contributed by atoms with Crippen LogP contribution >= 0.6 is 15.9 Å². The maximum atomic E-state index is 13.5. The van der Waals surface area contributed by atoms with E-state index in [1.54, 1.807) is 17.0 Å². The molecule has 5 heteroatoms. The number of hydrogen-bond donors (Lipinski definition) is 0. The first kappa shape index (κ1) is 15.4. The largest absolute Gasteiger partial charge is 0.336 e. The molecule has 0 aromatic heterocycles. The SMILES string of the molecule is CC(C)CN1CCN(C(=O)c2cccc(F)c2Br)CC1. The van der Waals surface area contributed by atoms with Gasteiger partial charge in [0.2, 0.25) is 0 Å². The molecule has 2 rings (SSSR count). The Morgan fingerprint density at radius 1 is 1.30 bits per heavy atom. The number of carbonyl (C=O) groups excluding carboxylic acids is 1. The molecular formula is C15H20BrFN2O. The Morgan fingerprint density at radius 3 is 2.55 bits per heavy atom. The van der Waals surface area contributed by atoms with Gasteiger partial charge in [-0.05, 0) is 34.0 Å². The maximum Gasteiger partial charge on any atom is 0.255 e. The van der Waals surface area contributed by atoms with E-state index in [2.05, 4.69) is 34.7 Å². The van der Waals surface area contributed by atoms with Crippen molar-refractivity contribution in [1.82, 2.24) is 9.80 Å². The quantitative estimate of drug-likeness (QED) is 0.842. The van der Waals surface area contributed by atoms with Gasteiger partial charge in [-0.1, -0.05) is 19.9 Å². The number of hydrogen-bond acceptors (Lipinski definition) is 2. The van der Waals surface area contributed by atoms with Crippen molar-refractivity contribution in [3.8, 4) is 0 Å². The van der Waals surface area contributed by atoms with Crippen LogP contribution in [-0.4, -0.2) is 48.4 Å². The van der Waals surface area contributed by atoms with E-state index in [9.17, 15) is 9.18 Å². The van der Waals surface area contributed by atoms with Gasteiger partial charge in [0, 0.05) is 32.7 Å². The van der Waals surface area contributed by atoms with E-state index in [4.69, 9.17) is 0 Å². The standard InChI is InChI=1S/C15H20BrFN2O/c1-11(2)10-18-6-8-19(9-7-18)15(20)12-4-3-5-13(17)14(12)16/h3-5,11H,6-10H2,1-2H3. The lowest BCUT2D eigenvalue weighted by atomic mass is 10.1. The smallest absolute Gasteiger partial charge is 0.255 e. The lowest BCUT2D eigenvalue weighted by Gasteiger charge is -2.35. The number of piperazine rings is 1. The molecule has 0 aliphatic carbocycles. The first-order valence-corrected chi connectivity index (χ1v) is 7.74. The summed E-state index contributed by atoms with van der Waals surface area (Å²) < 4.78 is 13.7. The Hall–Kier alpha value is -0.940. The van der Waals surface area contributed by atoms with Crippen LogP contribution in [0.2, 0.25) is 0 Å². The highest BCUT2D eigenvalue weighted by Crippen LogP contribution is 2.22. The van der Waals surface area contributed by atoms with Gasteiger partial charge >= 0.3 is 0 Å². The van der Waals surface area contributed by atoms with Gasteiger partial charge in [0.05, 0.1) is 10.0 Å². The molecule has 1 aromatic rings. The van der Waals surface area contributed by atoms with Crippen LogP contribution in [0.15, 0.2) is 22.7 Å². The molecule has 0 radical (unpaired) electrons. The molecule has 1 aromatic carbocycles. The van der Waals surface area contributed by atoms with Crippen molar-refractivity contribution in [2.45, 2.75) is 13.8 Å². The van der Waals surface area contributed by atoms with Crippen LogP contribution in [0, 0.1) is 11.7 Å². The van der Waals surface area contributed by atoms with Crippen LogP contribution in [0.4, 0.5) is 4.39 Å². The normalized spacial score (nSPS) is 16.8. The van der Waals surface area contributed by atoms with E-state index < -0.39 is 5.82 Å². The predicted octanol–water partition coefficient (Wildman–Crippen LogP) is 3.00. The second-order valence-corrected chi connectivity index (χ2v) is 6.38. The summed E-state index contributed by atoms with van der Waals surface area (Å²) in [5.74, 6) is 0.143. The van der Waals surface area contributed by atoms with Crippen LogP contribution in [0.3, 0.4) is 0 Å². The van der Waals surface area contributed by atoms with Gasteiger partial charge in [0.15, 0.2) is 0 Å². The molecule has 0 spiro atoms. The van der Waals surface area contributed by atoms with Crippen molar-refractivity contribution in [3.05, 3.63) is 34.1 Å². The van der Waals surface area contributed by atoms with Crippen LogP contribution in [-0.2, 0) is 0 Å². The van der Waals surface area contributed by atoms with Gasteiger partial charge in [-0.25, -0.2) is 4.39 Å². The second kappa shape index (κ2) is 6.68. The average Bonchev–Trinajstić information content (AvgIpc) is 2.41. The van der Waals surface area contributed by atoms with Gasteiger partial charge in [-0.3, -0.25) is 9.69 Å². The highest BCUT2D eigenvalue weighted by atomic mass is 79.9. The fourth-order valence-corrected chi connectivity index (χ4v) is 2.92. The van der Waals surface area contributed by atoms with Crippen LogP contribution in [0.5, 0.6) is 0 Å². The van der Waals surface area contributed by atoms with E-state index in [0.29, 0.717) is 24.6 Å². The molecule has 1 aliphatic rings. The van der Waals surface area contributed by atoms with Crippen molar-refractivity contribution >= 4 is 21.8 Å². The summed E-state index contributed by atoms with van der Waals surface area (Å²) in [7, 11) is 0. The first-order chi connectivity index (χ1) is 9.49. The fourth-order valence-electron chi connectivity index (χ4n) is 2.49. The Balaban J connectivity index is 2.00. The van der Waals surface area contributed by atoms with E-state index in [-0.39, 0.29) is 10.4 Å². The van der Waals surface area contributed by atoms with Crippen molar-refractivity contribution in [2.24, 2.45) is 5.92 Å². The molecule has 20 heavy (non-hydrogen) atoms. The van der Waals surface area contributed by atoms with Crippen LogP contribution < -0.4 is 0 Å². The molecule has 0 atom stereocenters. The first-order valence-electron chi connectivity index (χ1n) is 6.94. The zero-order valence-electron chi connectivity index (χ0n) is 11.9. The number of halogens is 2. The third kappa shape index (κ3) is 3.58. The van der Waals surface area contributed by atoms with Crippen molar-refractivity contribution in [2.75, 3.05) is 32.7 Å². The van der Waals surface area contributed by atoms with Gasteiger partial charge < -0.3 is 4.90 Å². The molecule has 0 unspecified atom stereocenters. The Bertz CT molecular complexity index is 485. The molecule has 1 aliphatic heterocycles. The van der Waals surface area contributed by atoms with Crippen molar-refractivity contribution in [3.63, 3.8) is 0 Å². The van der Waals surface area contributed by atoms with Crippen LogP contribution in [0.25, 0.3) is 0 Å². The Morgan fingerprint density at radius 2 is 1.95 bits per heavy atom. The topological polar surface area (TPSA) is 23.6 Å². The highest BCUT2D eigenvalue weighted by Gasteiger charge is 2.24. The number of carbonyl (C=O) groups is 1. The number of benzene rings is 1. The molecule has 0 N–H and O–H groups in total. The molecule has 3 nitrogen and oxygen atoms in total.